The second-order valence-corrected chi connectivity index (χ2v) is 6.04. The highest BCUT2D eigenvalue weighted by Crippen LogP contribution is 2.25. The summed E-state index contributed by atoms with van der Waals surface area (Å²) in [6.07, 6.45) is 4.67. The van der Waals surface area contributed by atoms with Gasteiger partial charge in [-0.3, -0.25) is 4.79 Å². The van der Waals surface area contributed by atoms with Gasteiger partial charge in [-0.25, -0.2) is 4.98 Å². The average molecular weight is 349 g/mol. The maximum Gasteiger partial charge on any atom is 0.248 e. The van der Waals surface area contributed by atoms with Gasteiger partial charge in [0.15, 0.2) is 0 Å². The predicted octanol–water partition coefficient (Wildman–Crippen LogP) is 4.63. The number of carbonyl (C=O) groups is 1. The van der Waals surface area contributed by atoms with Crippen LogP contribution < -0.4 is 10.2 Å². The highest BCUT2D eigenvalue weighted by molar-refractivity contribution is 6.03. The van der Waals surface area contributed by atoms with E-state index in [0.717, 1.165) is 41.1 Å². The molecule has 2 aromatic heterocycles. The number of fused-ring (bicyclic) bond motifs is 1. The third-order valence-electron chi connectivity index (χ3n) is 4.30. The number of carbonyl (C=O) groups excluding carboxylic acids is 1. The van der Waals surface area contributed by atoms with Crippen molar-refractivity contribution in [2.75, 3.05) is 23.3 Å². The second kappa shape index (κ2) is 7.87. The van der Waals surface area contributed by atoms with Crippen LogP contribution in [0.3, 0.4) is 0 Å². The molecule has 5 heteroatoms. The highest BCUT2D eigenvalue weighted by atomic mass is 16.3. The standard InChI is InChI=1S/C21H23N3O2/c1-4-24(5-2)20-13-15(3)18-14-16(8-10-19(18)23-20)22-21(25)11-9-17-7-6-12-26-17/h6-14H,4-5H2,1-3H3,(H,22,25)/b11-9+. The Balaban J connectivity index is 1.81. The van der Waals surface area contributed by atoms with E-state index in [-0.39, 0.29) is 5.91 Å². The monoisotopic (exact) mass is 349 g/mol. The Morgan fingerprint density at radius 2 is 2.04 bits per heavy atom. The Morgan fingerprint density at radius 1 is 1.23 bits per heavy atom. The van der Waals surface area contributed by atoms with Crippen LogP contribution in [0.2, 0.25) is 0 Å². The molecular weight excluding hydrogens is 326 g/mol. The van der Waals surface area contributed by atoms with Crippen LogP contribution in [0.5, 0.6) is 0 Å². The molecule has 0 fully saturated rings. The maximum atomic E-state index is 12.1. The van der Waals surface area contributed by atoms with E-state index >= 15 is 0 Å². The fourth-order valence-corrected chi connectivity index (χ4v) is 2.89. The van der Waals surface area contributed by atoms with Crippen LogP contribution in [0.25, 0.3) is 17.0 Å². The molecule has 1 amide bonds. The summed E-state index contributed by atoms with van der Waals surface area (Å²) in [5, 5.41) is 3.91. The lowest BCUT2D eigenvalue weighted by atomic mass is 10.1. The molecule has 0 radical (unpaired) electrons. The zero-order valence-electron chi connectivity index (χ0n) is 15.3. The van der Waals surface area contributed by atoms with Crippen LogP contribution >= 0.6 is 0 Å². The molecule has 3 rings (SSSR count). The normalized spacial score (nSPS) is 11.2. The number of nitrogens with one attached hydrogen (secondary N) is 1. The van der Waals surface area contributed by atoms with Gasteiger partial charge in [0.05, 0.1) is 11.8 Å². The summed E-state index contributed by atoms with van der Waals surface area (Å²) in [5.74, 6) is 1.42. The van der Waals surface area contributed by atoms with Crippen LogP contribution in [0.4, 0.5) is 11.5 Å². The molecule has 2 heterocycles. The zero-order chi connectivity index (χ0) is 18.5. The molecule has 1 aromatic carbocycles. The number of hydrogen-bond donors (Lipinski definition) is 1. The third-order valence-corrected chi connectivity index (χ3v) is 4.30. The SMILES string of the molecule is CCN(CC)c1cc(C)c2cc(NC(=O)/C=C/c3ccco3)ccc2n1. The van der Waals surface area contributed by atoms with Crippen molar-refractivity contribution in [2.45, 2.75) is 20.8 Å². The molecule has 0 aliphatic carbocycles. The molecule has 0 bridgehead atoms. The summed E-state index contributed by atoms with van der Waals surface area (Å²) in [7, 11) is 0. The first-order valence-electron chi connectivity index (χ1n) is 8.79. The van der Waals surface area contributed by atoms with E-state index in [9.17, 15) is 4.79 Å². The number of rotatable bonds is 6. The summed E-state index contributed by atoms with van der Waals surface area (Å²) in [6, 6.07) is 11.5. The van der Waals surface area contributed by atoms with Gasteiger partial charge in [0.2, 0.25) is 5.91 Å². The van der Waals surface area contributed by atoms with E-state index in [4.69, 9.17) is 9.40 Å². The van der Waals surface area contributed by atoms with Crippen LogP contribution in [0.15, 0.2) is 53.2 Å². The van der Waals surface area contributed by atoms with Gasteiger partial charge < -0.3 is 14.6 Å². The summed E-state index contributed by atoms with van der Waals surface area (Å²) < 4.78 is 5.18. The molecule has 0 unspecified atom stereocenters. The van der Waals surface area contributed by atoms with E-state index in [0.29, 0.717) is 5.76 Å². The largest absolute Gasteiger partial charge is 0.465 e. The van der Waals surface area contributed by atoms with E-state index in [2.05, 4.69) is 37.1 Å². The molecular formula is C21H23N3O2. The summed E-state index contributed by atoms with van der Waals surface area (Å²) in [4.78, 5) is 19.1. The van der Waals surface area contributed by atoms with Crippen LogP contribution in [0.1, 0.15) is 25.2 Å². The number of pyridine rings is 1. The molecule has 134 valence electrons. The molecule has 0 aliphatic heterocycles. The Labute approximate surface area is 153 Å². The topological polar surface area (TPSA) is 58.4 Å². The third kappa shape index (κ3) is 3.94. The molecule has 0 atom stereocenters. The number of amides is 1. The fraction of sp³-hybridized carbons (Fsp3) is 0.238. The van der Waals surface area contributed by atoms with E-state index in [1.165, 1.54) is 6.08 Å². The van der Waals surface area contributed by atoms with Gasteiger partial charge in [-0.1, -0.05) is 0 Å². The Bertz CT molecular complexity index is 926. The number of nitrogens with zero attached hydrogens (tertiary/aromatic N) is 2. The number of hydrogen-bond acceptors (Lipinski definition) is 4. The lowest BCUT2D eigenvalue weighted by molar-refractivity contribution is -0.111. The predicted molar refractivity (Wildman–Crippen MR) is 106 cm³/mol. The molecule has 1 N–H and O–H groups in total. The molecule has 3 aromatic rings. The van der Waals surface area contributed by atoms with Crippen molar-refractivity contribution in [3.05, 3.63) is 60.1 Å². The van der Waals surface area contributed by atoms with E-state index in [1.54, 1.807) is 24.5 Å². The number of anilines is 2. The summed E-state index contributed by atoms with van der Waals surface area (Å²) in [5.41, 5.74) is 2.81. The lowest BCUT2D eigenvalue weighted by Crippen LogP contribution is -2.23. The Hall–Kier alpha value is -3.08. The van der Waals surface area contributed by atoms with Crippen LogP contribution in [-0.2, 0) is 4.79 Å². The zero-order valence-corrected chi connectivity index (χ0v) is 15.3. The van der Waals surface area contributed by atoms with Crippen molar-refractivity contribution in [3.63, 3.8) is 0 Å². The quantitative estimate of drug-likeness (QED) is 0.659. The van der Waals surface area contributed by atoms with Crippen molar-refractivity contribution < 1.29 is 9.21 Å². The van der Waals surface area contributed by atoms with Gasteiger partial charge >= 0.3 is 0 Å². The van der Waals surface area contributed by atoms with Crippen LogP contribution in [-0.4, -0.2) is 24.0 Å². The highest BCUT2D eigenvalue weighted by Gasteiger charge is 2.09. The first-order valence-corrected chi connectivity index (χ1v) is 8.79. The molecule has 0 spiro atoms. The van der Waals surface area contributed by atoms with Gasteiger partial charge in [-0.2, -0.15) is 0 Å². The smallest absolute Gasteiger partial charge is 0.248 e. The summed E-state index contributed by atoms with van der Waals surface area (Å²) in [6.45, 7) is 8.16. The lowest BCUT2D eigenvalue weighted by Gasteiger charge is -2.21. The maximum absolute atomic E-state index is 12.1. The first-order chi connectivity index (χ1) is 12.6. The summed E-state index contributed by atoms with van der Waals surface area (Å²) >= 11 is 0. The Kier molecular flexibility index (Phi) is 5.37. The number of aromatic nitrogens is 1. The van der Waals surface area contributed by atoms with Gasteiger partial charge in [0.25, 0.3) is 0 Å². The molecule has 5 nitrogen and oxygen atoms in total. The van der Waals surface area contributed by atoms with Gasteiger partial charge in [0, 0.05) is 30.2 Å². The molecule has 0 saturated heterocycles. The number of furan rings is 1. The minimum absolute atomic E-state index is 0.203. The fourth-order valence-electron chi connectivity index (χ4n) is 2.89. The number of benzene rings is 1. The van der Waals surface area contributed by atoms with E-state index in [1.807, 2.05) is 18.2 Å². The van der Waals surface area contributed by atoms with Crippen molar-refractivity contribution in [3.8, 4) is 0 Å². The van der Waals surface area contributed by atoms with Crippen LogP contribution in [0, 0.1) is 6.92 Å². The van der Waals surface area contributed by atoms with Gasteiger partial charge in [-0.05, 0) is 68.8 Å². The van der Waals surface area contributed by atoms with E-state index < -0.39 is 0 Å². The molecule has 0 saturated carbocycles. The molecule has 26 heavy (non-hydrogen) atoms. The van der Waals surface area contributed by atoms with Crippen molar-refractivity contribution in [1.82, 2.24) is 4.98 Å². The van der Waals surface area contributed by atoms with Gasteiger partial charge in [0.1, 0.15) is 11.6 Å². The minimum atomic E-state index is -0.203. The number of aryl methyl sites for hydroxylation is 1. The first kappa shape index (κ1) is 17.7. The second-order valence-electron chi connectivity index (χ2n) is 6.04. The van der Waals surface area contributed by atoms with Crippen molar-refractivity contribution >= 4 is 34.4 Å². The average Bonchev–Trinajstić information content (AvgIpc) is 3.15. The van der Waals surface area contributed by atoms with Crippen molar-refractivity contribution in [1.29, 1.82) is 0 Å². The molecule has 0 aliphatic rings. The Morgan fingerprint density at radius 3 is 2.73 bits per heavy atom. The van der Waals surface area contributed by atoms with Crippen molar-refractivity contribution in [2.24, 2.45) is 0 Å². The van der Waals surface area contributed by atoms with Gasteiger partial charge in [-0.15, -0.1) is 0 Å². The minimum Gasteiger partial charge on any atom is -0.465 e.